The molecule has 0 fully saturated rings. The van der Waals surface area contributed by atoms with E-state index in [2.05, 4.69) is 15.4 Å². The number of nitrogens with two attached hydrogens (primary N) is 1. The minimum absolute atomic E-state index is 0.0793. The summed E-state index contributed by atoms with van der Waals surface area (Å²) >= 11 is 0. The van der Waals surface area contributed by atoms with Gasteiger partial charge >= 0.3 is 0 Å². The number of amides is 1. The van der Waals surface area contributed by atoms with Gasteiger partial charge in [0.05, 0.1) is 0 Å². The average Bonchev–Trinajstić information content (AvgIpc) is 2.92. The highest BCUT2D eigenvalue weighted by Gasteiger charge is 2.07. The maximum Gasteiger partial charge on any atom is 0.252 e. The maximum atomic E-state index is 11.9. The number of nitrogens with one attached hydrogen (secondary N) is 1. The number of benzene rings is 1. The average molecular weight is 284 g/mol. The summed E-state index contributed by atoms with van der Waals surface area (Å²) in [5, 5.41) is 15.4. The van der Waals surface area contributed by atoms with E-state index in [-0.39, 0.29) is 11.7 Å². The second kappa shape index (κ2) is 6.52. The van der Waals surface area contributed by atoms with Crippen molar-refractivity contribution in [2.24, 2.45) is 0 Å². The standard InChI is InChI=1S/C14H16N6O/c1-10-11(16)4-2-5-12(10)18-14(21)6-3-7-20-9-17-13(8-15)19-20/h2,4-5,9H,3,6-7,16H2,1H3,(H,18,21). The Hall–Kier alpha value is -2.88. The van der Waals surface area contributed by atoms with Crippen molar-refractivity contribution in [1.29, 1.82) is 5.26 Å². The van der Waals surface area contributed by atoms with E-state index >= 15 is 0 Å². The van der Waals surface area contributed by atoms with Crippen molar-refractivity contribution in [2.75, 3.05) is 11.1 Å². The van der Waals surface area contributed by atoms with Gasteiger partial charge < -0.3 is 11.1 Å². The number of nitrogen functional groups attached to an aromatic ring is 1. The lowest BCUT2D eigenvalue weighted by molar-refractivity contribution is -0.116. The normalized spacial score (nSPS) is 10.1. The highest BCUT2D eigenvalue weighted by Crippen LogP contribution is 2.20. The number of aryl methyl sites for hydroxylation is 1. The monoisotopic (exact) mass is 284 g/mol. The first kappa shape index (κ1) is 14.5. The van der Waals surface area contributed by atoms with E-state index in [0.29, 0.717) is 25.1 Å². The molecular formula is C14H16N6O. The SMILES string of the molecule is Cc1c(N)cccc1NC(=O)CCCn1cnc(C#N)n1. The molecule has 0 aliphatic carbocycles. The molecule has 0 aliphatic heterocycles. The molecule has 7 heteroatoms. The highest BCUT2D eigenvalue weighted by atomic mass is 16.1. The molecule has 1 aromatic heterocycles. The predicted molar refractivity (Wildman–Crippen MR) is 78.2 cm³/mol. The van der Waals surface area contributed by atoms with Gasteiger partial charge in [-0.25, -0.2) is 4.98 Å². The molecule has 0 unspecified atom stereocenters. The zero-order valence-corrected chi connectivity index (χ0v) is 11.7. The molecule has 0 saturated carbocycles. The Bertz CT molecular complexity index is 685. The molecule has 0 atom stereocenters. The fraction of sp³-hybridized carbons (Fsp3) is 0.286. The van der Waals surface area contributed by atoms with Gasteiger partial charge in [-0.05, 0) is 31.0 Å². The predicted octanol–water partition coefficient (Wildman–Crippen LogP) is 1.46. The Balaban J connectivity index is 1.82. The summed E-state index contributed by atoms with van der Waals surface area (Å²) < 4.78 is 1.55. The van der Waals surface area contributed by atoms with E-state index in [1.165, 1.54) is 6.33 Å². The van der Waals surface area contributed by atoms with E-state index < -0.39 is 0 Å². The molecule has 0 bridgehead atoms. The van der Waals surface area contributed by atoms with E-state index in [1.54, 1.807) is 16.8 Å². The molecule has 1 aromatic carbocycles. The maximum absolute atomic E-state index is 11.9. The summed E-state index contributed by atoms with van der Waals surface area (Å²) in [6.07, 6.45) is 2.45. The first-order chi connectivity index (χ1) is 10.1. The van der Waals surface area contributed by atoms with Crippen LogP contribution in [0.1, 0.15) is 24.2 Å². The number of aromatic nitrogens is 3. The number of nitriles is 1. The molecule has 0 aliphatic rings. The van der Waals surface area contributed by atoms with E-state index in [9.17, 15) is 4.79 Å². The van der Waals surface area contributed by atoms with Gasteiger partial charge in [0.25, 0.3) is 5.82 Å². The van der Waals surface area contributed by atoms with Crippen molar-refractivity contribution in [2.45, 2.75) is 26.3 Å². The van der Waals surface area contributed by atoms with Gasteiger partial charge in [0.2, 0.25) is 5.91 Å². The minimum Gasteiger partial charge on any atom is -0.398 e. The quantitative estimate of drug-likeness (QED) is 0.808. The molecule has 108 valence electrons. The number of carbonyl (C=O) groups is 1. The van der Waals surface area contributed by atoms with Crippen molar-refractivity contribution in [1.82, 2.24) is 14.8 Å². The van der Waals surface area contributed by atoms with Crippen LogP contribution < -0.4 is 11.1 Å². The summed E-state index contributed by atoms with van der Waals surface area (Å²) in [7, 11) is 0. The third kappa shape index (κ3) is 3.79. The number of hydrogen-bond acceptors (Lipinski definition) is 5. The van der Waals surface area contributed by atoms with Crippen molar-refractivity contribution in [3.8, 4) is 6.07 Å². The number of hydrogen-bond donors (Lipinski definition) is 2. The minimum atomic E-state index is -0.0793. The van der Waals surface area contributed by atoms with Gasteiger partial charge in [0.15, 0.2) is 0 Å². The summed E-state index contributed by atoms with van der Waals surface area (Å²) in [4.78, 5) is 15.7. The summed E-state index contributed by atoms with van der Waals surface area (Å²) in [5.41, 5.74) is 8.04. The van der Waals surface area contributed by atoms with Gasteiger partial charge in [-0.2, -0.15) is 5.26 Å². The lowest BCUT2D eigenvalue weighted by atomic mass is 10.1. The van der Waals surface area contributed by atoms with Crippen LogP contribution in [0, 0.1) is 18.3 Å². The molecular weight excluding hydrogens is 268 g/mol. The van der Waals surface area contributed by atoms with Crippen LogP contribution in [0.4, 0.5) is 11.4 Å². The smallest absolute Gasteiger partial charge is 0.252 e. The lowest BCUT2D eigenvalue weighted by Gasteiger charge is -2.10. The second-order valence-corrected chi connectivity index (χ2v) is 4.61. The van der Waals surface area contributed by atoms with E-state index in [4.69, 9.17) is 11.0 Å². The number of anilines is 2. The number of carbonyl (C=O) groups excluding carboxylic acids is 1. The van der Waals surface area contributed by atoms with Gasteiger partial charge in [0.1, 0.15) is 12.4 Å². The van der Waals surface area contributed by atoms with Crippen LogP contribution >= 0.6 is 0 Å². The zero-order valence-electron chi connectivity index (χ0n) is 11.7. The van der Waals surface area contributed by atoms with Crippen LogP contribution in [0.5, 0.6) is 0 Å². The van der Waals surface area contributed by atoms with Gasteiger partial charge in [-0.3, -0.25) is 9.48 Å². The third-order valence-electron chi connectivity index (χ3n) is 3.08. The van der Waals surface area contributed by atoms with Crippen LogP contribution in [-0.2, 0) is 11.3 Å². The topological polar surface area (TPSA) is 110 Å². The van der Waals surface area contributed by atoms with Crippen molar-refractivity contribution < 1.29 is 4.79 Å². The third-order valence-corrected chi connectivity index (χ3v) is 3.08. The number of nitrogens with zero attached hydrogens (tertiary/aromatic N) is 4. The fourth-order valence-electron chi connectivity index (χ4n) is 1.86. The molecule has 0 spiro atoms. The van der Waals surface area contributed by atoms with Crippen LogP contribution in [0.25, 0.3) is 0 Å². The van der Waals surface area contributed by atoms with Crippen molar-refractivity contribution in [3.63, 3.8) is 0 Å². The van der Waals surface area contributed by atoms with E-state index in [1.807, 2.05) is 19.1 Å². The van der Waals surface area contributed by atoms with Crippen LogP contribution in [0.3, 0.4) is 0 Å². The van der Waals surface area contributed by atoms with Crippen molar-refractivity contribution in [3.05, 3.63) is 35.9 Å². The second-order valence-electron chi connectivity index (χ2n) is 4.61. The summed E-state index contributed by atoms with van der Waals surface area (Å²) in [6.45, 7) is 2.40. The summed E-state index contributed by atoms with van der Waals surface area (Å²) in [6, 6.07) is 7.27. The summed E-state index contributed by atoms with van der Waals surface area (Å²) in [5.74, 6) is 0.0548. The molecule has 2 rings (SSSR count). The fourth-order valence-corrected chi connectivity index (χ4v) is 1.86. The Morgan fingerprint density at radius 1 is 1.52 bits per heavy atom. The van der Waals surface area contributed by atoms with Gasteiger partial charge in [-0.15, -0.1) is 5.10 Å². The van der Waals surface area contributed by atoms with Crippen LogP contribution in [-0.4, -0.2) is 20.7 Å². The Kier molecular flexibility index (Phi) is 4.51. The first-order valence-corrected chi connectivity index (χ1v) is 6.54. The Labute approximate surface area is 122 Å². The molecule has 1 heterocycles. The lowest BCUT2D eigenvalue weighted by Crippen LogP contribution is -2.13. The zero-order chi connectivity index (χ0) is 15.2. The van der Waals surface area contributed by atoms with Crippen LogP contribution in [0.15, 0.2) is 24.5 Å². The largest absolute Gasteiger partial charge is 0.398 e. The number of rotatable bonds is 5. The molecule has 1 amide bonds. The Morgan fingerprint density at radius 3 is 3.05 bits per heavy atom. The molecule has 0 radical (unpaired) electrons. The van der Waals surface area contributed by atoms with E-state index in [0.717, 1.165) is 11.3 Å². The first-order valence-electron chi connectivity index (χ1n) is 6.54. The molecule has 0 saturated heterocycles. The van der Waals surface area contributed by atoms with Gasteiger partial charge in [0, 0.05) is 24.3 Å². The molecule has 2 aromatic rings. The highest BCUT2D eigenvalue weighted by molar-refractivity contribution is 5.92. The molecule has 3 N–H and O–H groups in total. The molecule has 7 nitrogen and oxygen atoms in total. The Morgan fingerprint density at radius 2 is 2.33 bits per heavy atom. The molecule has 21 heavy (non-hydrogen) atoms. The van der Waals surface area contributed by atoms with Crippen LogP contribution in [0.2, 0.25) is 0 Å². The van der Waals surface area contributed by atoms with Gasteiger partial charge in [-0.1, -0.05) is 6.07 Å². The van der Waals surface area contributed by atoms with Crippen molar-refractivity contribution >= 4 is 17.3 Å².